The predicted octanol–water partition coefficient (Wildman–Crippen LogP) is 1.89. The van der Waals surface area contributed by atoms with Gasteiger partial charge in [0.1, 0.15) is 11.3 Å². The van der Waals surface area contributed by atoms with Gasteiger partial charge in [0, 0.05) is 6.07 Å². The van der Waals surface area contributed by atoms with E-state index in [-0.39, 0.29) is 18.5 Å². The lowest BCUT2D eigenvalue weighted by Crippen LogP contribution is -2.10. The van der Waals surface area contributed by atoms with Crippen molar-refractivity contribution in [3.8, 4) is 0 Å². The van der Waals surface area contributed by atoms with Crippen LogP contribution in [0.25, 0.3) is 11.0 Å². The molecule has 0 saturated carbocycles. The molecule has 0 aliphatic rings. The van der Waals surface area contributed by atoms with Crippen molar-refractivity contribution in [2.24, 2.45) is 0 Å². The first-order chi connectivity index (χ1) is 7.13. The van der Waals surface area contributed by atoms with Gasteiger partial charge in [-0.25, -0.2) is 9.07 Å². The first kappa shape index (κ1) is 10.5. The number of benzene rings is 1. The molecule has 1 unspecified atom stereocenters. The van der Waals surface area contributed by atoms with Crippen LogP contribution in [0.3, 0.4) is 0 Å². The van der Waals surface area contributed by atoms with Crippen LogP contribution in [0.1, 0.15) is 13.0 Å². The third-order valence-corrected chi connectivity index (χ3v) is 2.80. The fourth-order valence-corrected chi connectivity index (χ4v) is 1.67. The van der Waals surface area contributed by atoms with Gasteiger partial charge in [0.2, 0.25) is 0 Å². The normalized spacial score (nSPS) is 13.3. The summed E-state index contributed by atoms with van der Waals surface area (Å²) in [5.74, 6) is -0.369. The van der Waals surface area contributed by atoms with E-state index in [0.717, 1.165) is 0 Å². The molecule has 6 heteroatoms. The number of hydrogen-bond donors (Lipinski definition) is 1. The molecule has 0 fully saturated rings. The number of aliphatic hydroxyl groups excluding tert-OH is 1. The van der Waals surface area contributed by atoms with Gasteiger partial charge in [0.05, 0.1) is 22.6 Å². The Bertz CT molecular complexity index is 499. The minimum absolute atomic E-state index is 0.0343. The lowest BCUT2D eigenvalue weighted by atomic mass is 10.3. The molecule has 2 aromatic rings. The van der Waals surface area contributed by atoms with E-state index >= 15 is 0 Å². The Morgan fingerprint density at radius 2 is 2.33 bits per heavy atom. The first-order valence-corrected chi connectivity index (χ1v) is 5.23. The zero-order valence-electron chi connectivity index (χ0n) is 7.98. The second-order valence-electron chi connectivity index (χ2n) is 3.32. The maximum atomic E-state index is 13.2. The third-order valence-electron chi connectivity index (χ3n) is 2.19. The average Bonchev–Trinajstić information content (AvgIpc) is 2.61. The van der Waals surface area contributed by atoms with Crippen LogP contribution in [-0.2, 0) is 0 Å². The Balaban J connectivity index is 2.64. The molecule has 2 rings (SSSR count). The van der Waals surface area contributed by atoms with Crippen molar-refractivity contribution < 1.29 is 9.50 Å². The monoisotopic (exact) mass is 273 g/mol. The van der Waals surface area contributed by atoms with Crippen LogP contribution in [0.15, 0.2) is 16.6 Å². The van der Waals surface area contributed by atoms with Gasteiger partial charge >= 0.3 is 0 Å². The Hall–Kier alpha value is -1.01. The Kier molecular flexibility index (Phi) is 2.70. The van der Waals surface area contributed by atoms with E-state index in [0.29, 0.717) is 15.5 Å². The van der Waals surface area contributed by atoms with Crippen LogP contribution < -0.4 is 0 Å². The summed E-state index contributed by atoms with van der Waals surface area (Å²) in [6, 6.07) is 2.75. The van der Waals surface area contributed by atoms with Gasteiger partial charge < -0.3 is 5.11 Å². The highest BCUT2D eigenvalue weighted by atomic mass is 79.9. The summed E-state index contributed by atoms with van der Waals surface area (Å²) < 4.78 is 15.1. The number of halogens is 2. The van der Waals surface area contributed by atoms with E-state index < -0.39 is 0 Å². The highest BCUT2D eigenvalue weighted by Gasteiger charge is 2.12. The van der Waals surface area contributed by atoms with Gasteiger partial charge in [-0.3, -0.25) is 0 Å². The van der Waals surface area contributed by atoms with Gasteiger partial charge in [-0.1, -0.05) is 5.21 Å². The van der Waals surface area contributed by atoms with Crippen molar-refractivity contribution in [3.05, 3.63) is 22.4 Å². The van der Waals surface area contributed by atoms with Crippen molar-refractivity contribution in [1.82, 2.24) is 15.0 Å². The van der Waals surface area contributed by atoms with Crippen LogP contribution in [0.4, 0.5) is 4.39 Å². The number of nitrogens with zero attached hydrogens (tertiary/aromatic N) is 3. The Labute approximate surface area is 93.8 Å². The summed E-state index contributed by atoms with van der Waals surface area (Å²) in [4.78, 5) is 0. The van der Waals surface area contributed by atoms with Gasteiger partial charge in [-0.2, -0.15) is 0 Å². The topological polar surface area (TPSA) is 50.9 Å². The highest BCUT2D eigenvalue weighted by Crippen LogP contribution is 2.23. The Morgan fingerprint density at radius 1 is 1.60 bits per heavy atom. The summed E-state index contributed by atoms with van der Waals surface area (Å²) in [6.07, 6.45) is 0. The van der Waals surface area contributed by atoms with Crippen molar-refractivity contribution in [1.29, 1.82) is 0 Å². The second kappa shape index (κ2) is 3.86. The van der Waals surface area contributed by atoms with Crippen LogP contribution in [0.2, 0.25) is 0 Å². The molecule has 1 heterocycles. The highest BCUT2D eigenvalue weighted by molar-refractivity contribution is 9.10. The molecule has 1 aromatic carbocycles. The maximum absolute atomic E-state index is 13.2. The zero-order chi connectivity index (χ0) is 11.0. The number of aliphatic hydroxyl groups is 1. The van der Waals surface area contributed by atoms with Crippen molar-refractivity contribution in [2.45, 2.75) is 13.0 Å². The lowest BCUT2D eigenvalue weighted by Gasteiger charge is -2.08. The third kappa shape index (κ3) is 1.74. The molecule has 0 aliphatic carbocycles. The van der Waals surface area contributed by atoms with Crippen molar-refractivity contribution >= 4 is 27.0 Å². The summed E-state index contributed by atoms with van der Waals surface area (Å²) in [5, 5.41) is 16.7. The molecule has 1 N–H and O–H groups in total. The largest absolute Gasteiger partial charge is 0.394 e. The predicted molar refractivity (Wildman–Crippen MR) is 57.0 cm³/mol. The minimum atomic E-state index is -0.369. The van der Waals surface area contributed by atoms with Crippen LogP contribution in [0, 0.1) is 5.82 Å². The van der Waals surface area contributed by atoms with E-state index in [1.165, 1.54) is 6.07 Å². The molecule has 4 nitrogen and oxygen atoms in total. The average molecular weight is 274 g/mol. The fraction of sp³-hybridized carbons (Fsp3) is 0.333. The molecule has 80 valence electrons. The number of hydrogen-bond acceptors (Lipinski definition) is 3. The molecule has 0 radical (unpaired) electrons. The molecule has 15 heavy (non-hydrogen) atoms. The van der Waals surface area contributed by atoms with E-state index in [9.17, 15) is 4.39 Å². The lowest BCUT2D eigenvalue weighted by molar-refractivity contribution is 0.231. The van der Waals surface area contributed by atoms with Gasteiger partial charge in [-0.15, -0.1) is 5.10 Å². The van der Waals surface area contributed by atoms with Crippen LogP contribution in [-0.4, -0.2) is 26.7 Å². The Morgan fingerprint density at radius 3 is 3.00 bits per heavy atom. The van der Waals surface area contributed by atoms with Gasteiger partial charge in [0.25, 0.3) is 0 Å². The summed E-state index contributed by atoms with van der Waals surface area (Å²) in [6.45, 7) is 1.78. The zero-order valence-corrected chi connectivity index (χ0v) is 9.57. The second-order valence-corrected chi connectivity index (χ2v) is 4.17. The van der Waals surface area contributed by atoms with E-state index in [1.807, 2.05) is 6.92 Å². The van der Waals surface area contributed by atoms with E-state index in [2.05, 4.69) is 26.2 Å². The molecule has 1 aromatic heterocycles. The molecule has 0 spiro atoms. The van der Waals surface area contributed by atoms with Crippen LogP contribution >= 0.6 is 15.9 Å². The summed E-state index contributed by atoms with van der Waals surface area (Å²) in [5.41, 5.74) is 1.18. The minimum Gasteiger partial charge on any atom is -0.394 e. The first-order valence-electron chi connectivity index (χ1n) is 4.44. The SMILES string of the molecule is CC(CO)n1nnc2cc(F)c(Br)cc21. The standard InChI is InChI=1S/C9H9BrFN3O/c1-5(4-15)14-9-2-6(10)7(11)3-8(9)12-13-14/h2-3,5,15H,4H2,1H3. The van der Waals surface area contributed by atoms with Crippen molar-refractivity contribution in [3.63, 3.8) is 0 Å². The molecule has 0 saturated heterocycles. The van der Waals surface area contributed by atoms with Crippen LogP contribution in [0.5, 0.6) is 0 Å². The summed E-state index contributed by atoms with van der Waals surface area (Å²) >= 11 is 3.10. The number of aromatic nitrogens is 3. The fourth-order valence-electron chi connectivity index (χ4n) is 1.34. The quantitative estimate of drug-likeness (QED) is 0.909. The molecule has 1 atom stereocenters. The molecule has 0 bridgehead atoms. The van der Waals surface area contributed by atoms with Crippen molar-refractivity contribution in [2.75, 3.05) is 6.61 Å². The molecular formula is C9H9BrFN3O. The smallest absolute Gasteiger partial charge is 0.139 e. The van der Waals surface area contributed by atoms with E-state index in [1.54, 1.807) is 10.7 Å². The molecule has 0 aliphatic heterocycles. The maximum Gasteiger partial charge on any atom is 0.139 e. The number of rotatable bonds is 2. The summed E-state index contributed by atoms with van der Waals surface area (Å²) in [7, 11) is 0. The molecular weight excluding hydrogens is 265 g/mol. The van der Waals surface area contributed by atoms with Gasteiger partial charge in [0.15, 0.2) is 0 Å². The van der Waals surface area contributed by atoms with E-state index in [4.69, 9.17) is 5.11 Å². The van der Waals surface area contributed by atoms with Gasteiger partial charge in [-0.05, 0) is 28.9 Å². The molecule has 0 amide bonds. The number of fused-ring (bicyclic) bond motifs is 1.